The van der Waals surface area contributed by atoms with Gasteiger partial charge in [-0.1, -0.05) is 18.2 Å². The fraction of sp³-hybridized carbons (Fsp3) is 0. The van der Waals surface area contributed by atoms with E-state index in [2.05, 4.69) is 15.0 Å². The van der Waals surface area contributed by atoms with Gasteiger partial charge in [-0.25, -0.2) is 9.97 Å². The second-order valence-corrected chi connectivity index (χ2v) is 3.11. The number of para-hydroxylation sites is 1. The van der Waals surface area contributed by atoms with Gasteiger partial charge in [0.25, 0.3) is 5.71 Å². The molecule has 3 rings (SSSR count). The summed E-state index contributed by atoms with van der Waals surface area (Å²) in [4.78, 5) is 12.0. The Morgan fingerprint density at radius 1 is 1.06 bits per heavy atom. The molecule has 16 heavy (non-hydrogen) atoms. The highest BCUT2D eigenvalue weighted by molar-refractivity contribution is 5.66. The molecule has 0 aliphatic heterocycles. The molecule has 0 saturated carbocycles. The first-order valence-electron chi connectivity index (χ1n) is 4.71. The maximum Gasteiger partial charge on any atom is 0.325 e. The molecule has 0 atom stereocenters. The van der Waals surface area contributed by atoms with Gasteiger partial charge in [0.15, 0.2) is 6.39 Å². The minimum Gasteiger partial charge on any atom is -0.425 e. The molecule has 0 N–H and O–H groups in total. The van der Waals surface area contributed by atoms with Crippen molar-refractivity contribution in [2.45, 2.75) is 0 Å². The molecule has 5 heteroatoms. The second-order valence-electron chi connectivity index (χ2n) is 3.11. The summed E-state index contributed by atoms with van der Waals surface area (Å²) in [6.45, 7) is 0. The van der Waals surface area contributed by atoms with Crippen molar-refractivity contribution < 1.29 is 9.15 Å². The Labute approximate surface area is 90.7 Å². The molecule has 0 unspecified atom stereocenters. The Morgan fingerprint density at radius 2 is 1.94 bits per heavy atom. The number of rotatable bonds is 2. The Morgan fingerprint density at radius 3 is 2.81 bits per heavy atom. The van der Waals surface area contributed by atoms with Gasteiger partial charge in [-0.2, -0.15) is 4.98 Å². The van der Waals surface area contributed by atoms with Crippen LogP contribution >= 0.6 is 0 Å². The van der Waals surface area contributed by atoms with Crippen molar-refractivity contribution in [2.24, 2.45) is 0 Å². The highest BCUT2D eigenvalue weighted by atomic mass is 16.5. The SMILES string of the molecule is c1ccc(Oc2ncc3ncoc3n2)cc1. The van der Waals surface area contributed by atoms with E-state index in [1.807, 2.05) is 30.3 Å². The fourth-order valence-corrected chi connectivity index (χ4v) is 1.30. The standard InChI is InChI=1S/C11H7N3O2/c1-2-4-8(5-3-1)16-11-12-6-9-10(14-11)15-7-13-9/h1-7H. The molecular formula is C11H7N3O2. The van der Waals surface area contributed by atoms with Crippen molar-refractivity contribution >= 4 is 11.2 Å². The lowest BCUT2D eigenvalue weighted by Gasteiger charge is -2.01. The summed E-state index contributed by atoms with van der Waals surface area (Å²) >= 11 is 0. The summed E-state index contributed by atoms with van der Waals surface area (Å²) in [6.07, 6.45) is 2.88. The molecule has 0 aliphatic carbocycles. The van der Waals surface area contributed by atoms with Gasteiger partial charge >= 0.3 is 6.01 Å². The Bertz CT molecular complexity index is 607. The summed E-state index contributed by atoms with van der Waals surface area (Å²) in [5.74, 6) is 0.682. The molecular weight excluding hydrogens is 206 g/mol. The number of nitrogens with zero attached hydrogens (tertiary/aromatic N) is 3. The zero-order chi connectivity index (χ0) is 10.8. The monoisotopic (exact) mass is 213 g/mol. The Balaban J connectivity index is 1.94. The summed E-state index contributed by atoms with van der Waals surface area (Å²) in [6, 6.07) is 9.57. The number of benzene rings is 1. The van der Waals surface area contributed by atoms with Crippen LogP contribution in [-0.2, 0) is 0 Å². The summed E-state index contributed by atoms with van der Waals surface area (Å²) in [7, 11) is 0. The Kier molecular flexibility index (Phi) is 2.00. The van der Waals surface area contributed by atoms with Gasteiger partial charge in [0.1, 0.15) is 11.3 Å². The molecule has 2 aromatic heterocycles. The van der Waals surface area contributed by atoms with E-state index in [4.69, 9.17) is 9.15 Å². The van der Waals surface area contributed by atoms with E-state index in [0.717, 1.165) is 0 Å². The van der Waals surface area contributed by atoms with Crippen molar-refractivity contribution in [2.75, 3.05) is 0 Å². The van der Waals surface area contributed by atoms with Gasteiger partial charge < -0.3 is 9.15 Å². The fourth-order valence-electron chi connectivity index (χ4n) is 1.30. The van der Waals surface area contributed by atoms with Crippen LogP contribution in [0.4, 0.5) is 0 Å². The zero-order valence-corrected chi connectivity index (χ0v) is 8.20. The number of hydrogen-bond acceptors (Lipinski definition) is 5. The van der Waals surface area contributed by atoms with Crippen LogP contribution in [0.15, 0.2) is 47.3 Å². The molecule has 0 bridgehead atoms. The smallest absolute Gasteiger partial charge is 0.325 e. The number of aromatic nitrogens is 3. The quantitative estimate of drug-likeness (QED) is 0.654. The molecule has 0 radical (unpaired) electrons. The largest absolute Gasteiger partial charge is 0.425 e. The van der Waals surface area contributed by atoms with Crippen LogP contribution in [-0.4, -0.2) is 15.0 Å². The number of ether oxygens (including phenoxy) is 1. The lowest BCUT2D eigenvalue weighted by Crippen LogP contribution is -1.90. The molecule has 0 spiro atoms. The topological polar surface area (TPSA) is 61.0 Å². The second kappa shape index (κ2) is 3.62. The normalized spacial score (nSPS) is 10.5. The van der Waals surface area contributed by atoms with E-state index in [1.54, 1.807) is 6.20 Å². The van der Waals surface area contributed by atoms with Crippen LogP contribution < -0.4 is 4.74 Å². The number of oxazole rings is 1. The molecule has 5 nitrogen and oxygen atoms in total. The molecule has 1 aromatic carbocycles. The van der Waals surface area contributed by atoms with Crippen LogP contribution in [0.3, 0.4) is 0 Å². The van der Waals surface area contributed by atoms with E-state index in [9.17, 15) is 0 Å². The Hall–Kier alpha value is -2.43. The third-order valence-corrected chi connectivity index (χ3v) is 2.02. The third-order valence-electron chi connectivity index (χ3n) is 2.02. The van der Waals surface area contributed by atoms with E-state index < -0.39 is 0 Å². The van der Waals surface area contributed by atoms with Gasteiger partial charge in [0.2, 0.25) is 0 Å². The van der Waals surface area contributed by atoms with Gasteiger partial charge in [-0.15, -0.1) is 0 Å². The lowest BCUT2D eigenvalue weighted by atomic mass is 10.3. The summed E-state index contributed by atoms with van der Waals surface area (Å²) in [5.41, 5.74) is 1.03. The average molecular weight is 213 g/mol. The van der Waals surface area contributed by atoms with E-state index >= 15 is 0 Å². The lowest BCUT2D eigenvalue weighted by molar-refractivity contribution is 0.440. The third kappa shape index (κ3) is 1.58. The molecule has 78 valence electrons. The van der Waals surface area contributed by atoms with Gasteiger partial charge in [0.05, 0.1) is 6.20 Å². The number of fused-ring (bicyclic) bond motifs is 1. The maximum absolute atomic E-state index is 5.45. The highest BCUT2D eigenvalue weighted by Gasteiger charge is 2.04. The molecule has 0 fully saturated rings. The molecule has 2 heterocycles. The minimum absolute atomic E-state index is 0.246. The van der Waals surface area contributed by atoms with Gasteiger partial charge in [0, 0.05) is 0 Å². The molecule has 3 aromatic rings. The van der Waals surface area contributed by atoms with Crippen molar-refractivity contribution in [1.82, 2.24) is 15.0 Å². The molecule has 0 amide bonds. The van der Waals surface area contributed by atoms with Crippen molar-refractivity contribution in [1.29, 1.82) is 0 Å². The zero-order valence-electron chi connectivity index (χ0n) is 8.20. The minimum atomic E-state index is 0.246. The molecule has 0 aliphatic rings. The van der Waals surface area contributed by atoms with Gasteiger partial charge in [-0.05, 0) is 12.1 Å². The predicted octanol–water partition coefficient (Wildman–Crippen LogP) is 2.41. The summed E-state index contributed by atoms with van der Waals surface area (Å²) in [5, 5.41) is 0. The van der Waals surface area contributed by atoms with Gasteiger partial charge in [-0.3, -0.25) is 0 Å². The summed E-state index contributed by atoms with van der Waals surface area (Å²) < 4.78 is 10.5. The molecule has 0 saturated heterocycles. The van der Waals surface area contributed by atoms with Crippen LogP contribution in [0.2, 0.25) is 0 Å². The van der Waals surface area contributed by atoms with Crippen LogP contribution in [0, 0.1) is 0 Å². The van der Waals surface area contributed by atoms with Crippen LogP contribution in [0.5, 0.6) is 11.8 Å². The number of hydrogen-bond donors (Lipinski definition) is 0. The van der Waals surface area contributed by atoms with E-state index in [-0.39, 0.29) is 6.01 Å². The maximum atomic E-state index is 5.45. The average Bonchev–Trinajstić information content (AvgIpc) is 2.77. The van der Waals surface area contributed by atoms with Crippen molar-refractivity contribution in [3.63, 3.8) is 0 Å². The first kappa shape index (κ1) is 8.84. The predicted molar refractivity (Wildman–Crippen MR) is 56.1 cm³/mol. The van der Waals surface area contributed by atoms with Crippen molar-refractivity contribution in [3.8, 4) is 11.8 Å². The van der Waals surface area contributed by atoms with E-state index in [0.29, 0.717) is 17.0 Å². The van der Waals surface area contributed by atoms with Crippen LogP contribution in [0.25, 0.3) is 11.2 Å². The first-order chi connectivity index (χ1) is 7.92. The highest BCUT2D eigenvalue weighted by Crippen LogP contribution is 2.18. The van der Waals surface area contributed by atoms with Crippen LogP contribution in [0.1, 0.15) is 0 Å². The van der Waals surface area contributed by atoms with E-state index in [1.165, 1.54) is 6.39 Å². The van der Waals surface area contributed by atoms with Crippen molar-refractivity contribution in [3.05, 3.63) is 42.9 Å². The first-order valence-corrected chi connectivity index (χ1v) is 4.71.